The van der Waals surface area contributed by atoms with Gasteiger partial charge in [-0.25, -0.2) is 4.31 Å². The van der Waals surface area contributed by atoms with Crippen LogP contribution in [0.4, 0.5) is 0 Å². The predicted molar refractivity (Wildman–Crippen MR) is 78.2 cm³/mol. The first-order chi connectivity index (χ1) is 9.35. The van der Waals surface area contributed by atoms with E-state index in [2.05, 4.69) is 28.6 Å². The molecule has 3 rings (SSSR count). The molecule has 0 radical (unpaired) electrons. The maximum atomic E-state index is 10.6. The molecule has 19 heavy (non-hydrogen) atoms. The van der Waals surface area contributed by atoms with Crippen molar-refractivity contribution in [3.05, 3.63) is 65.2 Å². The zero-order chi connectivity index (χ0) is 13.1. The van der Waals surface area contributed by atoms with E-state index in [0.717, 1.165) is 31.4 Å². The van der Waals surface area contributed by atoms with Gasteiger partial charge in [-0.15, -0.1) is 0 Å². The molecule has 1 aliphatic rings. The number of hydrogen-bond donors (Lipinski definition) is 0. The van der Waals surface area contributed by atoms with Crippen molar-refractivity contribution < 1.29 is 4.79 Å². The first-order valence-electron chi connectivity index (χ1n) is 6.40. The lowest BCUT2D eigenvalue weighted by Crippen LogP contribution is -2.24. The Bertz CT molecular complexity index is 580. The van der Waals surface area contributed by atoms with Gasteiger partial charge in [0.05, 0.1) is 0 Å². The number of benzene rings is 2. The van der Waals surface area contributed by atoms with Gasteiger partial charge in [0.15, 0.2) is 0 Å². The van der Waals surface area contributed by atoms with Crippen LogP contribution >= 0.6 is 11.9 Å². The van der Waals surface area contributed by atoms with Crippen molar-refractivity contribution in [2.24, 2.45) is 0 Å². The first kappa shape index (κ1) is 12.5. The van der Waals surface area contributed by atoms with E-state index in [4.69, 9.17) is 0 Å². The average Bonchev–Trinajstić information content (AvgIpc) is 2.48. The Balaban J connectivity index is 1.70. The van der Waals surface area contributed by atoms with Crippen LogP contribution in [0, 0.1) is 0 Å². The Morgan fingerprint density at radius 1 is 1.00 bits per heavy atom. The van der Waals surface area contributed by atoms with Crippen molar-refractivity contribution >= 4 is 18.2 Å². The maximum absolute atomic E-state index is 10.6. The highest BCUT2D eigenvalue weighted by Crippen LogP contribution is 2.29. The molecule has 0 saturated heterocycles. The molecule has 0 aromatic heterocycles. The van der Waals surface area contributed by atoms with Crippen LogP contribution in [-0.2, 0) is 13.0 Å². The van der Waals surface area contributed by atoms with Gasteiger partial charge in [0.2, 0.25) is 0 Å². The van der Waals surface area contributed by atoms with Crippen molar-refractivity contribution in [2.45, 2.75) is 17.9 Å². The molecule has 1 aliphatic heterocycles. The van der Waals surface area contributed by atoms with E-state index >= 15 is 0 Å². The third-order valence-corrected chi connectivity index (χ3v) is 4.40. The molecule has 0 spiro atoms. The largest absolute Gasteiger partial charge is 0.298 e. The molecule has 0 aliphatic carbocycles. The van der Waals surface area contributed by atoms with Gasteiger partial charge >= 0.3 is 0 Å². The molecular weight excluding hydrogens is 254 g/mol. The molecule has 3 heteroatoms. The third kappa shape index (κ3) is 2.88. The summed E-state index contributed by atoms with van der Waals surface area (Å²) in [6.45, 7) is 2.05. The number of aldehydes is 1. The summed E-state index contributed by atoms with van der Waals surface area (Å²) in [5, 5.41) is 0. The Kier molecular flexibility index (Phi) is 3.67. The van der Waals surface area contributed by atoms with Crippen LogP contribution in [0.5, 0.6) is 0 Å². The number of rotatable bonds is 3. The smallest absolute Gasteiger partial charge is 0.150 e. The number of carbonyl (C=O) groups excluding carboxylic acids is 1. The molecule has 0 atom stereocenters. The number of nitrogens with zero attached hydrogens (tertiary/aromatic N) is 1. The highest BCUT2D eigenvalue weighted by molar-refractivity contribution is 7.97. The Morgan fingerprint density at radius 2 is 1.74 bits per heavy atom. The second-order valence-corrected chi connectivity index (χ2v) is 5.83. The predicted octanol–water partition coefficient (Wildman–Crippen LogP) is 3.56. The lowest BCUT2D eigenvalue weighted by atomic mass is 10.0. The summed E-state index contributed by atoms with van der Waals surface area (Å²) in [6.07, 6.45) is 1.99. The normalized spacial score (nSPS) is 14.9. The van der Waals surface area contributed by atoms with Gasteiger partial charge in [-0.2, -0.15) is 0 Å². The van der Waals surface area contributed by atoms with Crippen molar-refractivity contribution in [2.75, 3.05) is 6.54 Å². The van der Waals surface area contributed by atoms with E-state index in [0.29, 0.717) is 0 Å². The molecule has 2 aromatic rings. The van der Waals surface area contributed by atoms with Gasteiger partial charge in [0.1, 0.15) is 6.29 Å². The molecule has 2 aromatic carbocycles. The highest BCUT2D eigenvalue weighted by atomic mass is 32.2. The van der Waals surface area contributed by atoms with Crippen LogP contribution in [0.2, 0.25) is 0 Å². The zero-order valence-electron chi connectivity index (χ0n) is 10.6. The first-order valence-corrected chi connectivity index (χ1v) is 7.17. The summed E-state index contributed by atoms with van der Waals surface area (Å²) < 4.78 is 2.37. The van der Waals surface area contributed by atoms with E-state index < -0.39 is 0 Å². The van der Waals surface area contributed by atoms with Gasteiger partial charge in [0.25, 0.3) is 0 Å². The van der Waals surface area contributed by atoms with Crippen molar-refractivity contribution in [3.8, 4) is 0 Å². The summed E-state index contributed by atoms with van der Waals surface area (Å²) >= 11 is 1.76. The highest BCUT2D eigenvalue weighted by Gasteiger charge is 2.16. The second-order valence-electron chi connectivity index (χ2n) is 4.66. The molecule has 0 saturated carbocycles. The monoisotopic (exact) mass is 269 g/mol. The molecule has 96 valence electrons. The molecule has 2 nitrogen and oxygen atoms in total. The van der Waals surface area contributed by atoms with Gasteiger partial charge in [-0.1, -0.05) is 36.4 Å². The average molecular weight is 269 g/mol. The SMILES string of the molecule is O=Cc1ccc(SN2CCc3ccccc3C2)cc1. The summed E-state index contributed by atoms with van der Waals surface area (Å²) in [7, 11) is 0. The van der Waals surface area contributed by atoms with E-state index in [1.165, 1.54) is 16.0 Å². The van der Waals surface area contributed by atoms with Crippen LogP contribution in [0.1, 0.15) is 21.5 Å². The molecule has 1 heterocycles. The lowest BCUT2D eigenvalue weighted by Gasteiger charge is -2.27. The van der Waals surface area contributed by atoms with Crippen molar-refractivity contribution in [1.29, 1.82) is 0 Å². The quantitative estimate of drug-likeness (QED) is 0.627. The summed E-state index contributed by atoms with van der Waals surface area (Å²) in [6, 6.07) is 16.4. The minimum atomic E-state index is 0.730. The topological polar surface area (TPSA) is 20.3 Å². The second kappa shape index (κ2) is 5.59. The van der Waals surface area contributed by atoms with Gasteiger partial charge in [0, 0.05) is 23.5 Å². The summed E-state index contributed by atoms with van der Waals surface area (Å²) in [5.74, 6) is 0. The summed E-state index contributed by atoms with van der Waals surface area (Å²) in [4.78, 5) is 11.8. The Labute approximate surface area is 117 Å². The molecule has 0 N–H and O–H groups in total. The van der Waals surface area contributed by atoms with Crippen LogP contribution in [0.3, 0.4) is 0 Å². The number of carbonyl (C=O) groups is 1. The maximum Gasteiger partial charge on any atom is 0.150 e. The molecule has 0 fully saturated rings. The molecule has 0 bridgehead atoms. The Hall–Kier alpha value is -1.58. The molecule has 0 amide bonds. The fraction of sp³-hybridized carbons (Fsp3) is 0.188. The molecule has 0 unspecified atom stereocenters. The molecular formula is C16H15NOS. The zero-order valence-corrected chi connectivity index (χ0v) is 11.4. The minimum absolute atomic E-state index is 0.730. The van der Waals surface area contributed by atoms with E-state index in [-0.39, 0.29) is 0 Å². The standard InChI is InChI=1S/C16H15NOS/c18-12-13-5-7-16(8-6-13)19-17-10-9-14-3-1-2-4-15(14)11-17/h1-8,12H,9-11H2. The van der Waals surface area contributed by atoms with Crippen LogP contribution in [-0.4, -0.2) is 17.1 Å². The van der Waals surface area contributed by atoms with E-state index in [1.54, 1.807) is 11.9 Å². The van der Waals surface area contributed by atoms with Crippen LogP contribution < -0.4 is 0 Å². The fourth-order valence-corrected chi connectivity index (χ4v) is 3.25. The van der Waals surface area contributed by atoms with Gasteiger partial charge in [-0.3, -0.25) is 4.79 Å². The van der Waals surface area contributed by atoms with Crippen molar-refractivity contribution in [1.82, 2.24) is 4.31 Å². The van der Waals surface area contributed by atoms with Crippen LogP contribution in [0.25, 0.3) is 0 Å². The van der Waals surface area contributed by atoms with Gasteiger partial charge < -0.3 is 0 Å². The third-order valence-electron chi connectivity index (χ3n) is 3.35. The number of fused-ring (bicyclic) bond motifs is 1. The van der Waals surface area contributed by atoms with Gasteiger partial charge in [-0.05, 0) is 41.6 Å². The minimum Gasteiger partial charge on any atom is -0.298 e. The van der Waals surface area contributed by atoms with Crippen molar-refractivity contribution in [3.63, 3.8) is 0 Å². The number of hydrogen-bond acceptors (Lipinski definition) is 3. The summed E-state index contributed by atoms with van der Waals surface area (Å²) in [5.41, 5.74) is 3.62. The van der Waals surface area contributed by atoms with E-state index in [1.807, 2.05) is 24.3 Å². The Morgan fingerprint density at radius 3 is 2.47 bits per heavy atom. The fourth-order valence-electron chi connectivity index (χ4n) is 2.30. The van der Waals surface area contributed by atoms with Crippen LogP contribution in [0.15, 0.2) is 53.4 Å². The lowest BCUT2D eigenvalue weighted by molar-refractivity contribution is 0.112. The van der Waals surface area contributed by atoms with E-state index in [9.17, 15) is 4.79 Å².